The summed E-state index contributed by atoms with van der Waals surface area (Å²) >= 11 is 1.08. The van der Waals surface area contributed by atoms with Crippen LogP contribution in [0.15, 0.2) is 65.0 Å². The number of H-pyrrole nitrogens is 1. The van der Waals surface area contributed by atoms with Gasteiger partial charge in [-0.05, 0) is 66.4 Å². The molecule has 35 heavy (non-hydrogen) atoms. The number of anilines is 1. The van der Waals surface area contributed by atoms with Crippen molar-refractivity contribution in [1.82, 2.24) is 9.71 Å². The van der Waals surface area contributed by atoms with Crippen LogP contribution >= 0.6 is 11.3 Å². The van der Waals surface area contributed by atoms with Gasteiger partial charge in [0.05, 0.1) is 0 Å². The zero-order valence-electron chi connectivity index (χ0n) is 18.7. The molecule has 1 fully saturated rings. The topological polar surface area (TPSA) is 102 Å². The minimum atomic E-state index is -4.08. The third-order valence-electron chi connectivity index (χ3n) is 6.22. The summed E-state index contributed by atoms with van der Waals surface area (Å²) in [5.74, 6) is -1.76. The second-order valence-corrected chi connectivity index (χ2v) is 11.6. The lowest BCUT2D eigenvalue weighted by Gasteiger charge is -2.17. The first-order valence-corrected chi connectivity index (χ1v) is 13.6. The first-order valence-electron chi connectivity index (χ1n) is 11.3. The molecule has 1 aliphatic rings. The molecule has 0 amide bonds. The Labute approximate surface area is 206 Å². The van der Waals surface area contributed by atoms with Crippen molar-refractivity contribution >= 4 is 43.9 Å². The Morgan fingerprint density at radius 3 is 2.57 bits per heavy atom. The number of nitrogens with one attached hydrogen (secondary N) is 2. The lowest BCUT2D eigenvalue weighted by Crippen LogP contribution is -2.41. The lowest BCUT2D eigenvalue weighted by atomic mass is 10.1. The van der Waals surface area contributed by atoms with Gasteiger partial charge in [-0.3, -0.25) is 4.79 Å². The molecule has 1 atom stereocenters. The van der Waals surface area contributed by atoms with Crippen LogP contribution in [0.2, 0.25) is 0 Å². The summed E-state index contributed by atoms with van der Waals surface area (Å²) in [7, 11) is -4.08. The molecule has 0 spiro atoms. The van der Waals surface area contributed by atoms with Crippen molar-refractivity contribution in [3.8, 4) is 10.4 Å². The molecule has 10 heteroatoms. The summed E-state index contributed by atoms with van der Waals surface area (Å²) in [4.78, 5) is 18.0. The average Bonchev–Trinajstić information content (AvgIpc) is 3.60. The molecule has 182 valence electrons. The fourth-order valence-corrected chi connectivity index (χ4v) is 6.91. The zero-order chi connectivity index (χ0) is 24.6. The van der Waals surface area contributed by atoms with E-state index < -0.39 is 27.9 Å². The van der Waals surface area contributed by atoms with Crippen LogP contribution in [-0.4, -0.2) is 43.6 Å². The fourth-order valence-electron chi connectivity index (χ4n) is 4.40. The lowest BCUT2D eigenvalue weighted by molar-refractivity contribution is -0.138. The van der Waals surface area contributed by atoms with E-state index in [1.54, 1.807) is 18.3 Å². The second kappa shape index (κ2) is 9.44. The molecule has 4 aromatic rings. The Morgan fingerprint density at radius 2 is 1.86 bits per heavy atom. The highest BCUT2D eigenvalue weighted by Gasteiger charge is 2.28. The van der Waals surface area contributed by atoms with E-state index in [9.17, 15) is 22.7 Å². The number of carboxylic acids is 1. The molecular weight excluding hydrogens is 489 g/mol. The number of aromatic amines is 1. The van der Waals surface area contributed by atoms with Crippen LogP contribution in [-0.2, 0) is 21.2 Å². The third kappa shape index (κ3) is 4.95. The molecular formula is C25H24FN3O4S2. The SMILES string of the molecule is O=C(O)[C@@H](Cc1c[nH]c2ccc(F)cc12)NS(=O)(=O)c1ccc(-c2ccc(N3CCCC3)cc2)s1. The van der Waals surface area contributed by atoms with E-state index in [2.05, 4.69) is 14.6 Å². The second-order valence-electron chi connectivity index (χ2n) is 8.58. The van der Waals surface area contributed by atoms with Gasteiger partial charge >= 0.3 is 5.97 Å². The molecule has 3 heterocycles. The molecule has 0 saturated carbocycles. The number of aromatic nitrogens is 1. The number of sulfonamides is 1. The molecule has 0 radical (unpaired) electrons. The van der Waals surface area contributed by atoms with Gasteiger partial charge in [-0.25, -0.2) is 12.8 Å². The minimum absolute atomic E-state index is 0.0346. The van der Waals surface area contributed by atoms with E-state index >= 15 is 0 Å². The number of carbonyl (C=O) groups is 1. The van der Waals surface area contributed by atoms with Gasteiger partial charge in [0.2, 0.25) is 0 Å². The maximum absolute atomic E-state index is 13.7. The normalized spacial score (nSPS) is 15.1. The molecule has 5 rings (SSSR count). The van der Waals surface area contributed by atoms with E-state index in [0.29, 0.717) is 16.5 Å². The van der Waals surface area contributed by atoms with E-state index in [4.69, 9.17) is 0 Å². The number of nitrogens with zero attached hydrogens (tertiary/aromatic N) is 1. The van der Waals surface area contributed by atoms with Gasteiger partial charge in [-0.15, -0.1) is 11.3 Å². The number of thiophene rings is 1. The van der Waals surface area contributed by atoms with Crippen molar-refractivity contribution in [3.63, 3.8) is 0 Å². The van der Waals surface area contributed by atoms with Crippen molar-refractivity contribution in [3.05, 3.63) is 72.2 Å². The first-order chi connectivity index (χ1) is 16.8. The Kier molecular flexibility index (Phi) is 6.35. The Bertz CT molecular complexity index is 1470. The highest BCUT2D eigenvalue weighted by atomic mass is 32.2. The van der Waals surface area contributed by atoms with Gasteiger partial charge in [0, 0.05) is 47.2 Å². The monoisotopic (exact) mass is 513 g/mol. The summed E-state index contributed by atoms with van der Waals surface area (Å²) in [5.41, 5.74) is 3.21. The van der Waals surface area contributed by atoms with Crippen molar-refractivity contribution in [2.75, 3.05) is 18.0 Å². The molecule has 3 N–H and O–H groups in total. The fraction of sp³-hybridized carbons (Fsp3) is 0.240. The Balaban J connectivity index is 1.34. The Hall–Kier alpha value is -3.21. The van der Waals surface area contributed by atoms with Crippen LogP contribution in [0, 0.1) is 5.82 Å². The minimum Gasteiger partial charge on any atom is -0.480 e. The number of aliphatic carboxylic acids is 1. The maximum atomic E-state index is 13.7. The molecule has 2 aromatic carbocycles. The van der Waals surface area contributed by atoms with E-state index in [1.165, 1.54) is 31.0 Å². The standard InChI is InChI=1S/C25H24FN3O4S2/c26-18-5-8-21-20(14-18)17(15-27-21)13-22(25(30)31)28-35(32,33)24-10-9-23(34-24)16-3-6-19(7-4-16)29-11-1-2-12-29/h3-10,14-15,22,27-28H,1-2,11-13H2,(H,30,31)/t22-/m1/s1. The molecule has 1 saturated heterocycles. The maximum Gasteiger partial charge on any atom is 0.322 e. The molecule has 0 bridgehead atoms. The summed E-state index contributed by atoms with van der Waals surface area (Å²) in [6.07, 6.45) is 3.82. The molecule has 0 aliphatic carbocycles. The number of hydrogen-bond donors (Lipinski definition) is 3. The third-order valence-corrected chi connectivity index (χ3v) is 9.32. The first kappa shape index (κ1) is 23.5. The van der Waals surface area contributed by atoms with Crippen LogP contribution in [0.3, 0.4) is 0 Å². The smallest absolute Gasteiger partial charge is 0.322 e. The van der Waals surface area contributed by atoms with Gasteiger partial charge in [0.15, 0.2) is 0 Å². The van der Waals surface area contributed by atoms with Crippen LogP contribution < -0.4 is 9.62 Å². The van der Waals surface area contributed by atoms with Gasteiger partial charge in [-0.2, -0.15) is 4.72 Å². The van der Waals surface area contributed by atoms with E-state index in [1.807, 2.05) is 24.3 Å². The number of benzene rings is 2. The summed E-state index contributed by atoms with van der Waals surface area (Å²) in [5, 5.41) is 10.2. The average molecular weight is 514 g/mol. The summed E-state index contributed by atoms with van der Waals surface area (Å²) in [6, 6.07) is 14.0. The van der Waals surface area contributed by atoms with Crippen LogP contribution in [0.25, 0.3) is 21.3 Å². The quantitative estimate of drug-likeness (QED) is 0.319. The van der Waals surface area contributed by atoms with E-state index in [0.717, 1.165) is 40.6 Å². The van der Waals surface area contributed by atoms with Crippen molar-refractivity contribution in [1.29, 1.82) is 0 Å². The van der Waals surface area contributed by atoms with Crippen molar-refractivity contribution in [2.45, 2.75) is 29.5 Å². The number of rotatable bonds is 8. The molecule has 7 nitrogen and oxygen atoms in total. The van der Waals surface area contributed by atoms with Crippen molar-refractivity contribution in [2.24, 2.45) is 0 Å². The molecule has 1 aliphatic heterocycles. The number of fused-ring (bicyclic) bond motifs is 1. The summed E-state index contributed by atoms with van der Waals surface area (Å²) < 4.78 is 42.1. The van der Waals surface area contributed by atoms with Gasteiger partial charge in [-0.1, -0.05) is 12.1 Å². The van der Waals surface area contributed by atoms with Crippen LogP contribution in [0.5, 0.6) is 0 Å². The van der Waals surface area contributed by atoms with Crippen molar-refractivity contribution < 1.29 is 22.7 Å². The largest absolute Gasteiger partial charge is 0.480 e. The summed E-state index contributed by atoms with van der Waals surface area (Å²) in [6.45, 7) is 2.09. The number of halogens is 1. The number of hydrogen-bond acceptors (Lipinski definition) is 5. The Morgan fingerprint density at radius 1 is 1.11 bits per heavy atom. The zero-order valence-corrected chi connectivity index (χ0v) is 20.3. The van der Waals surface area contributed by atoms with Gasteiger partial charge < -0.3 is 15.0 Å². The number of carboxylic acid groups (broad SMARTS) is 1. The van der Waals surface area contributed by atoms with Crippen LogP contribution in [0.4, 0.5) is 10.1 Å². The molecule has 2 aromatic heterocycles. The highest BCUT2D eigenvalue weighted by Crippen LogP contribution is 2.32. The van der Waals surface area contributed by atoms with E-state index in [-0.39, 0.29) is 10.6 Å². The predicted molar refractivity (Wildman–Crippen MR) is 135 cm³/mol. The predicted octanol–water partition coefficient (Wildman–Crippen LogP) is 4.61. The molecule has 0 unspecified atom stereocenters. The van der Waals surface area contributed by atoms with Gasteiger partial charge in [0.1, 0.15) is 16.1 Å². The highest BCUT2D eigenvalue weighted by molar-refractivity contribution is 7.91. The van der Waals surface area contributed by atoms with Gasteiger partial charge in [0.25, 0.3) is 10.0 Å². The van der Waals surface area contributed by atoms with Crippen LogP contribution in [0.1, 0.15) is 18.4 Å².